The molecule has 4 rings (SSSR count). The largest absolute Gasteiger partial charge is 0.353 e. The van der Waals surface area contributed by atoms with E-state index >= 15 is 0 Å². The molecule has 25 heavy (non-hydrogen) atoms. The quantitative estimate of drug-likeness (QED) is 0.637. The number of nitrogens with zero attached hydrogens (tertiary/aromatic N) is 3. The van der Waals surface area contributed by atoms with Gasteiger partial charge in [-0.3, -0.25) is 4.98 Å². The fourth-order valence-corrected chi connectivity index (χ4v) is 3.46. The molecule has 3 aromatic rings. The summed E-state index contributed by atoms with van der Waals surface area (Å²) in [5, 5.41) is 0. The van der Waals surface area contributed by atoms with Crippen molar-refractivity contribution < 1.29 is 9.47 Å². The van der Waals surface area contributed by atoms with Crippen LogP contribution in [0.3, 0.4) is 0 Å². The molecule has 0 saturated carbocycles. The van der Waals surface area contributed by atoms with E-state index in [-0.39, 0.29) is 12.4 Å². The van der Waals surface area contributed by atoms with Crippen LogP contribution in [0.4, 0.5) is 0 Å². The molecule has 0 bridgehead atoms. The standard InChI is InChI=1S/C20H23N3O2/c1-15-22-17-14-21-11-10-18(17)23(15)12-5-13-24-20-9-8-19(25-20)16-6-3-2-4-7-16/h2-4,6-7,10-11,14,19-20H,5,8-9,12-13H2,1H3. The molecule has 1 saturated heterocycles. The van der Waals surface area contributed by atoms with Crippen LogP contribution in [-0.2, 0) is 16.0 Å². The third kappa shape index (κ3) is 3.57. The Morgan fingerprint density at radius 1 is 1.20 bits per heavy atom. The Hall–Kier alpha value is -2.24. The van der Waals surface area contributed by atoms with Gasteiger partial charge >= 0.3 is 0 Å². The lowest BCUT2D eigenvalue weighted by molar-refractivity contribution is -0.135. The number of imidazole rings is 1. The molecule has 0 spiro atoms. The number of rotatable bonds is 6. The number of hydrogen-bond donors (Lipinski definition) is 0. The molecule has 3 heterocycles. The first-order valence-corrected chi connectivity index (χ1v) is 8.90. The number of fused-ring (bicyclic) bond motifs is 1. The van der Waals surface area contributed by atoms with Gasteiger partial charge in [-0.2, -0.15) is 0 Å². The lowest BCUT2D eigenvalue weighted by Crippen LogP contribution is -2.14. The Morgan fingerprint density at radius 3 is 2.96 bits per heavy atom. The minimum atomic E-state index is -0.0879. The fraction of sp³-hybridized carbons (Fsp3) is 0.400. The minimum Gasteiger partial charge on any atom is -0.353 e. The molecule has 1 aliphatic rings. The zero-order valence-corrected chi connectivity index (χ0v) is 14.5. The van der Waals surface area contributed by atoms with Gasteiger partial charge in [0.25, 0.3) is 0 Å². The maximum atomic E-state index is 6.03. The SMILES string of the molecule is Cc1nc2cnccc2n1CCCOC1CCC(c2ccccc2)O1. The Morgan fingerprint density at radius 2 is 2.08 bits per heavy atom. The van der Waals surface area contributed by atoms with E-state index in [0.29, 0.717) is 6.61 Å². The van der Waals surface area contributed by atoms with Crippen LogP contribution in [0.25, 0.3) is 11.0 Å². The highest BCUT2D eigenvalue weighted by atomic mass is 16.7. The minimum absolute atomic E-state index is 0.0879. The maximum Gasteiger partial charge on any atom is 0.158 e. The van der Waals surface area contributed by atoms with Gasteiger partial charge in [0.1, 0.15) is 11.3 Å². The molecule has 1 aromatic carbocycles. The Kier molecular flexibility index (Phi) is 4.76. The van der Waals surface area contributed by atoms with Crippen LogP contribution in [-0.4, -0.2) is 27.4 Å². The molecular formula is C20H23N3O2. The average molecular weight is 337 g/mol. The summed E-state index contributed by atoms with van der Waals surface area (Å²) in [6.07, 6.45) is 6.61. The Bertz CT molecular complexity index is 831. The topological polar surface area (TPSA) is 49.2 Å². The van der Waals surface area contributed by atoms with Gasteiger partial charge in [-0.1, -0.05) is 30.3 Å². The predicted octanol–water partition coefficient (Wildman–Crippen LogP) is 4.02. The van der Waals surface area contributed by atoms with Crippen LogP contribution in [0.5, 0.6) is 0 Å². The van der Waals surface area contributed by atoms with Crippen molar-refractivity contribution in [2.45, 2.75) is 45.1 Å². The average Bonchev–Trinajstić information content (AvgIpc) is 3.24. The van der Waals surface area contributed by atoms with Gasteiger partial charge in [-0.05, 0) is 31.4 Å². The number of aryl methyl sites for hydroxylation is 2. The summed E-state index contributed by atoms with van der Waals surface area (Å²) < 4.78 is 14.2. The molecule has 1 fully saturated rings. The van der Waals surface area contributed by atoms with Crippen LogP contribution in [0.15, 0.2) is 48.8 Å². The second-order valence-corrected chi connectivity index (χ2v) is 6.44. The lowest BCUT2D eigenvalue weighted by atomic mass is 10.1. The third-order valence-corrected chi connectivity index (χ3v) is 4.72. The van der Waals surface area contributed by atoms with Crippen molar-refractivity contribution in [3.8, 4) is 0 Å². The van der Waals surface area contributed by atoms with Gasteiger partial charge in [0, 0.05) is 19.2 Å². The van der Waals surface area contributed by atoms with Crippen molar-refractivity contribution >= 4 is 11.0 Å². The van der Waals surface area contributed by atoms with Gasteiger partial charge in [-0.15, -0.1) is 0 Å². The van der Waals surface area contributed by atoms with Crippen molar-refractivity contribution in [1.29, 1.82) is 0 Å². The number of aromatic nitrogens is 3. The van der Waals surface area contributed by atoms with E-state index in [1.54, 1.807) is 0 Å². The van der Waals surface area contributed by atoms with E-state index in [4.69, 9.17) is 9.47 Å². The van der Waals surface area contributed by atoms with Gasteiger partial charge in [0.15, 0.2) is 6.29 Å². The molecule has 0 radical (unpaired) electrons. The van der Waals surface area contributed by atoms with E-state index in [1.165, 1.54) is 5.56 Å². The van der Waals surface area contributed by atoms with E-state index in [2.05, 4.69) is 38.8 Å². The number of benzene rings is 1. The molecule has 2 unspecified atom stereocenters. The van der Waals surface area contributed by atoms with Crippen molar-refractivity contribution in [2.24, 2.45) is 0 Å². The lowest BCUT2D eigenvalue weighted by Gasteiger charge is -2.15. The summed E-state index contributed by atoms with van der Waals surface area (Å²) in [6.45, 7) is 3.61. The zero-order chi connectivity index (χ0) is 17.1. The van der Waals surface area contributed by atoms with Crippen LogP contribution in [0, 0.1) is 6.92 Å². The molecule has 0 N–H and O–H groups in total. The highest BCUT2D eigenvalue weighted by Crippen LogP contribution is 2.33. The van der Waals surface area contributed by atoms with Crippen LogP contribution in [0.2, 0.25) is 0 Å². The molecule has 0 aliphatic carbocycles. The van der Waals surface area contributed by atoms with E-state index in [9.17, 15) is 0 Å². The predicted molar refractivity (Wildman–Crippen MR) is 96.1 cm³/mol. The maximum absolute atomic E-state index is 6.03. The Labute approximate surface area is 147 Å². The second-order valence-electron chi connectivity index (χ2n) is 6.44. The summed E-state index contributed by atoms with van der Waals surface area (Å²) in [4.78, 5) is 8.68. The Balaban J connectivity index is 1.27. The first-order chi connectivity index (χ1) is 12.3. The summed E-state index contributed by atoms with van der Waals surface area (Å²) in [7, 11) is 0. The number of pyridine rings is 1. The molecule has 2 aromatic heterocycles. The highest BCUT2D eigenvalue weighted by Gasteiger charge is 2.26. The van der Waals surface area contributed by atoms with E-state index < -0.39 is 0 Å². The molecule has 2 atom stereocenters. The van der Waals surface area contributed by atoms with Gasteiger partial charge in [0.05, 0.1) is 24.4 Å². The summed E-state index contributed by atoms with van der Waals surface area (Å²) in [5.41, 5.74) is 3.32. The molecule has 1 aliphatic heterocycles. The molecule has 130 valence electrons. The third-order valence-electron chi connectivity index (χ3n) is 4.72. The molecule has 5 nitrogen and oxygen atoms in total. The first kappa shape index (κ1) is 16.2. The summed E-state index contributed by atoms with van der Waals surface area (Å²) in [5.74, 6) is 1.02. The van der Waals surface area contributed by atoms with Gasteiger partial charge in [0.2, 0.25) is 0 Å². The van der Waals surface area contributed by atoms with Crippen molar-refractivity contribution in [2.75, 3.05) is 6.61 Å². The van der Waals surface area contributed by atoms with E-state index in [1.807, 2.05) is 31.5 Å². The monoisotopic (exact) mass is 337 g/mol. The number of ether oxygens (including phenoxy) is 2. The molecular weight excluding hydrogens is 314 g/mol. The fourth-order valence-electron chi connectivity index (χ4n) is 3.46. The molecule has 0 amide bonds. The van der Waals surface area contributed by atoms with Crippen LogP contribution >= 0.6 is 0 Å². The summed E-state index contributed by atoms with van der Waals surface area (Å²) in [6, 6.07) is 12.4. The van der Waals surface area contributed by atoms with Crippen molar-refractivity contribution in [3.05, 3.63) is 60.2 Å². The highest BCUT2D eigenvalue weighted by molar-refractivity contribution is 5.74. The summed E-state index contributed by atoms with van der Waals surface area (Å²) >= 11 is 0. The van der Waals surface area contributed by atoms with Gasteiger partial charge < -0.3 is 14.0 Å². The van der Waals surface area contributed by atoms with Gasteiger partial charge in [-0.25, -0.2) is 4.98 Å². The normalized spacial score (nSPS) is 20.4. The van der Waals surface area contributed by atoms with Crippen LogP contribution in [0.1, 0.15) is 36.8 Å². The van der Waals surface area contributed by atoms with Crippen LogP contribution < -0.4 is 0 Å². The zero-order valence-electron chi connectivity index (χ0n) is 14.5. The smallest absolute Gasteiger partial charge is 0.158 e. The number of hydrogen-bond acceptors (Lipinski definition) is 4. The first-order valence-electron chi connectivity index (χ1n) is 8.90. The molecule has 5 heteroatoms. The van der Waals surface area contributed by atoms with Crippen molar-refractivity contribution in [3.63, 3.8) is 0 Å². The van der Waals surface area contributed by atoms with Crippen molar-refractivity contribution in [1.82, 2.24) is 14.5 Å². The second kappa shape index (κ2) is 7.33. The van der Waals surface area contributed by atoms with E-state index in [0.717, 1.165) is 42.7 Å².